The minimum atomic E-state index is -0.370. The third-order valence-corrected chi connectivity index (χ3v) is 7.87. The van der Waals surface area contributed by atoms with E-state index in [-0.39, 0.29) is 41.6 Å². The lowest BCUT2D eigenvalue weighted by molar-refractivity contribution is -0.159. The van der Waals surface area contributed by atoms with Crippen LogP contribution in [0.3, 0.4) is 0 Å². The van der Waals surface area contributed by atoms with E-state index in [2.05, 4.69) is 17.3 Å². The van der Waals surface area contributed by atoms with Crippen molar-refractivity contribution in [3.05, 3.63) is 71.0 Å². The zero-order valence-electron chi connectivity index (χ0n) is 20.6. The summed E-state index contributed by atoms with van der Waals surface area (Å²) in [6.45, 7) is 3.20. The molecule has 0 aromatic heterocycles. The molecule has 2 aromatic carbocycles. The van der Waals surface area contributed by atoms with Crippen LogP contribution in [0, 0.1) is 18.2 Å². The number of benzene rings is 2. The summed E-state index contributed by atoms with van der Waals surface area (Å²) in [5, 5.41) is 3.27. The van der Waals surface area contributed by atoms with Crippen molar-refractivity contribution in [1.29, 1.82) is 0 Å². The van der Waals surface area contributed by atoms with Crippen molar-refractivity contribution in [2.24, 2.45) is 0 Å². The van der Waals surface area contributed by atoms with Gasteiger partial charge in [-0.05, 0) is 60.9 Å². The largest absolute Gasteiger partial charge is 0.449 e. The van der Waals surface area contributed by atoms with E-state index in [9.17, 15) is 14.0 Å². The predicted molar refractivity (Wildman–Crippen MR) is 135 cm³/mol. The molecule has 188 valence electrons. The number of unbranched alkanes of at least 4 members (excludes halogenated alkanes) is 1. The van der Waals surface area contributed by atoms with Gasteiger partial charge in [-0.3, -0.25) is 4.90 Å². The van der Waals surface area contributed by atoms with Crippen molar-refractivity contribution in [1.82, 2.24) is 15.1 Å². The number of nitrogens with zero attached hydrogens (tertiary/aromatic N) is 2. The standard InChI is InChI=1S/C29H32FN3O3/c1-3-5-17-36-27(35)33(15-4-2)29-18-28(19-29,20-29)31-26(34)32-16-14-21-8-6-7-9-24(21)25(32)22-10-12-23(30)13-11-22/h2,6-13,25H,3,5,14-20H2,1H3,(H,31,34)/t25-,28?,29?/m0/s1. The summed E-state index contributed by atoms with van der Waals surface area (Å²) in [5.41, 5.74) is 2.47. The second kappa shape index (κ2) is 9.50. The molecular weight excluding hydrogens is 457 g/mol. The highest BCUT2D eigenvalue weighted by Crippen LogP contribution is 2.63. The second-order valence-corrected chi connectivity index (χ2v) is 10.3. The van der Waals surface area contributed by atoms with E-state index in [1.165, 1.54) is 17.7 Å². The summed E-state index contributed by atoms with van der Waals surface area (Å²) in [6.07, 6.45) is 9.71. The monoisotopic (exact) mass is 489 g/mol. The SMILES string of the molecule is C#CCN(C(=O)OCCCC)C12CC(NC(=O)N3CCc4ccccc4[C@@H]3c3ccc(F)cc3)(C1)C2. The zero-order valence-corrected chi connectivity index (χ0v) is 20.6. The number of hydrogen-bond donors (Lipinski definition) is 1. The van der Waals surface area contributed by atoms with Gasteiger partial charge in [0.25, 0.3) is 0 Å². The third kappa shape index (κ3) is 4.19. The maximum absolute atomic E-state index is 13.6. The van der Waals surface area contributed by atoms with E-state index in [0.29, 0.717) is 32.4 Å². The maximum Gasteiger partial charge on any atom is 0.411 e. The Morgan fingerprint density at radius 1 is 1.19 bits per heavy atom. The fourth-order valence-electron chi connectivity index (χ4n) is 6.14. The molecule has 0 unspecified atom stereocenters. The summed E-state index contributed by atoms with van der Waals surface area (Å²) in [7, 11) is 0. The van der Waals surface area contributed by atoms with Gasteiger partial charge in [-0.1, -0.05) is 55.7 Å². The molecule has 2 bridgehead atoms. The van der Waals surface area contributed by atoms with Gasteiger partial charge in [-0.25, -0.2) is 14.0 Å². The minimum Gasteiger partial charge on any atom is -0.449 e. The summed E-state index contributed by atoms with van der Waals surface area (Å²) < 4.78 is 19.1. The first-order valence-electron chi connectivity index (χ1n) is 12.7. The Morgan fingerprint density at radius 3 is 2.61 bits per heavy atom. The van der Waals surface area contributed by atoms with Crippen molar-refractivity contribution in [3.63, 3.8) is 0 Å². The molecule has 3 saturated carbocycles. The topological polar surface area (TPSA) is 61.9 Å². The van der Waals surface area contributed by atoms with Crippen molar-refractivity contribution in [3.8, 4) is 12.3 Å². The number of rotatable bonds is 7. The average molecular weight is 490 g/mol. The van der Waals surface area contributed by atoms with Crippen LogP contribution in [-0.2, 0) is 11.2 Å². The zero-order chi connectivity index (χ0) is 25.3. The first-order chi connectivity index (χ1) is 17.4. The molecule has 3 fully saturated rings. The molecule has 0 spiro atoms. The fourth-order valence-corrected chi connectivity index (χ4v) is 6.14. The van der Waals surface area contributed by atoms with Gasteiger partial charge in [-0.15, -0.1) is 6.42 Å². The molecule has 6 rings (SSSR count). The van der Waals surface area contributed by atoms with E-state index in [0.717, 1.165) is 30.4 Å². The minimum absolute atomic E-state index is 0.138. The Hall–Kier alpha value is -3.53. The predicted octanol–water partition coefficient (Wildman–Crippen LogP) is 5.03. The molecule has 4 aliphatic rings. The van der Waals surface area contributed by atoms with Crippen LogP contribution in [0.2, 0.25) is 0 Å². The molecule has 0 radical (unpaired) electrons. The van der Waals surface area contributed by atoms with Crippen LogP contribution >= 0.6 is 0 Å². The van der Waals surface area contributed by atoms with Crippen LogP contribution in [0.4, 0.5) is 14.0 Å². The van der Waals surface area contributed by atoms with Crippen molar-refractivity contribution < 1.29 is 18.7 Å². The maximum atomic E-state index is 13.6. The second-order valence-electron chi connectivity index (χ2n) is 10.3. The Bertz CT molecular complexity index is 1170. The van der Waals surface area contributed by atoms with Gasteiger partial charge in [0.05, 0.1) is 24.7 Å². The number of amides is 3. The van der Waals surface area contributed by atoms with Crippen LogP contribution in [-0.4, -0.2) is 52.7 Å². The van der Waals surface area contributed by atoms with Gasteiger partial charge in [-0.2, -0.15) is 0 Å². The molecular formula is C29H32FN3O3. The number of carbonyl (C=O) groups excluding carboxylic acids is 2. The molecule has 1 N–H and O–H groups in total. The Labute approximate surface area is 211 Å². The average Bonchev–Trinajstić information content (AvgIpc) is 2.84. The highest BCUT2D eigenvalue weighted by Gasteiger charge is 2.72. The number of ether oxygens (including phenoxy) is 1. The molecule has 2 aromatic rings. The molecule has 1 aliphatic heterocycles. The summed E-state index contributed by atoms with van der Waals surface area (Å²) in [5.74, 6) is 2.28. The highest BCUT2D eigenvalue weighted by molar-refractivity contribution is 5.78. The number of halogens is 1. The van der Waals surface area contributed by atoms with Crippen LogP contribution in [0.25, 0.3) is 0 Å². The number of nitrogens with one attached hydrogen (secondary N) is 1. The number of fused-ring (bicyclic) bond motifs is 1. The molecule has 3 amide bonds. The van der Waals surface area contributed by atoms with E-state index < -0.39 is 0 Å². The third-order valence-electron chi connectivity index (χ3n) is 7.87. The molecule has 6 nitrogen and oxygen atoms in total. The lowest BCUT2D eigenvalue weighted by Crippen LogP contribution is -2.84. The van der Waals surface area contributed by atoms with Gasteiger partial charge in [0, 0.05) is 12.1 Å². The van der Waals surface area contributed by atoms with Crippen molar-refractivity contribution >= 4 is 12.1 Å². The highest BCUT2D eigenvalue weighted by atomic mass is 19.1. The molecule has 3 aliphatic carbocycles. The van der Waals surface area contributed by atoms with Crippen LogP contribution in [0.5, 0.6) is 0 Å². The van der Waals surface area contributed by atoms with E-state index in [1.807, 2.05) is 30.0 Å². The normalized spacial score (nSPS) is 25.5. The molecule has 1 heterocycles. The van der Waals surface area contributed by atoms with E-state index in [1.54, 1.807) is 17.0 Å². The fraction of sp³-hybridized carbons (Fsp3) is 0.448. The van der Waals surface area contributed by atoms with E-state index >= 15 is 0 Å². The lowest BCUT2D eigenvalue weighted by atomic mass is 9.43. The quantitative estimate of drug-likeness (QED) is 0.438. The Kier molecular flexibility index (Phi) is 6.38. The number of carbonyl (C=O) groups is 2. The summed E-state index contributed by atoms with van der Waals surface area (Å²) >= 11 is 0. The number of terminal acetylenes is 1. The van der Waals surface area contributed by atoms with Gasteiger partial charge in [0.2, 0.25) is 0 Å². The first kappa shape index (κ1) is 24.2. The van der Waals surface area contributed by atoms with Crippen molar-refractivity contribution in [2.75, 3.05) is 19.7 Å². The number of hydrogen-bond acceptors (Lipinski definition) is 3. The molecule has 0 saturated heterocycles. The van der Waals surface area contributed by atoms with Crippen LogP contribution in [0.1, 0.15) is 61.8 Å². The summed E-state index contributed by atoms with van der Waals surface area (Å²) in [4.78, 5) is 29.8. The number of urea groups is 1. The van der Waals surface area contributed by atoms with Crippen LogP contribution in [0.15, 0.2) is 48.5 Å². The van der Waals surface area contributed by atoms with Gasteiger partial charge in [0.15, 0.2) is 0 Å². The van der Waals surface area contributed by atoms with Gasteiger partial charge >= 0.3 is 12.1 Å². The van der Waals surface area contributed by atoms with Gasteiger partial charge < -0.3 is 15.0 Å². The lowest BCUT2D eigenvalue weighted by Gasteiger charge is -2.72. The van der Waals surface area contributed by atoms with Crippen molar-refractivity contribution in [2.45, 2.75) is 62.6 Å². The first-order valence-corrected chi connectivity index (χ1v) is 12.7. The Morgan fingerprint density at radius 2 is 1.92 bits per heavy atom. The molecule has 7 heteroatoms. The van der Waals surface area contributed by atoms with E-state index in [4.69, 9.17) is 11.2 Å². The summed E-state index contributed by atoms with van der Waals surface area (Å²) in [6, 6.07) is 14.1. The van der Waals surface area contributed by atoms with Crippen LogP contribution < -0.4 is 5.32 Å². The molecule has 36 heavy (non-hydrogen) atoms. The Balaban J connectivity index is 1.29. The van der Waals surface area contributed by atoms with Gasteiger partial charge in [0.1, 0.15) is 5.82 Å². The smallest absolute Gasteiger partial charge is 0.411 e. The molecule has 1 atom stereocenters.